The van der Waals surface area contributed by atoms with Crippen LogP contribution in [0.3, 0.4) is 0 Å². The van der Waals surface area contributed by atoms with E-state index in [9.17, 15) is 0 Å². The average Bonchev–Trinajstić information content (AvgIpc) is 3.98. The van der Waals surface area contributed by atoms with Gasteiger partial charge in [-0.2, -0.15) is 0 Å². The van der Waals surface area contributed by atoms with Crippen molar-refractivity contribution in [3.63, 3.8) is 0 Å². The van der Waals surface area contributed by atoms with Crippen LogP contribution in [0.15, 0.2) is 212 Å². The van der Waals surface area contributed by atoms with Crippen molar-refractivity contribution in [3.8, 4) is 78.7 Å². The van der Waals surface area contributed by atoms with E-state index in [4.69, 9.17) is 15.0 Å². The van der Waals surface area contributed by atoms with E-state index in [0.29, 0.717) is 17.5 Å². The van der Waals surface area contributed by atoms with Crippen LogP contribution in [0.1, 0.15) is 22.3 Å². The lowest BCUT2D eigenvalue weighted by atomic mass is 9.70. The second kappa shape index (κ2) is 13.6. The molecule has 0 saturated heterocycles. The van der Waals surface area contributed by atoms with E-state index in [0.717, 1.165) is 27.8 Å². The van der Waals surface area contributed by atoms with Crippen LogP contribution in [0.5, 0.6) is 0 Å². The third-order valence-corrected chi connectivity index (χ3v) is 14.1. The summed E-state index contributed by atoms with van der Waals surface area (Å²) in [5.74, 6) is 1.92. The van der Waals surface area contributed by atoms with Crippen molar-refractivity contribution in [2.24, 2.45) is 0 Å². The summed E-state index contributed by atoms with van der Waals surface area (Å²) in [6, 6.07) is 76.7. The van der Waals surface area contributed by atoms with E-state index in [2.05, 4.69) is 206 Å². The summed E-state index contributed by atoms with van der Waals surface area (Å²) in [5.41, 5.74) is 17.3. The summed E-state index contributed by atoms with van der Waals surface area (Å²) >= 11 is 1.85. The van der Waals surface area contributed by atoms with Crippen molar-refractivity contribution in [1.82, 2.24) is 15.0 Å². The summed E-state index contributed by atoms with van der Waals surface area (Å²) in [7, 11) is 0. The Morgan fingerprint density at radius 1 is 0.274 bits per heavy atom. The Hall–Kier alpha value is -7.79. The minimum absolute atomic E-state index is 0.463. The predicted octanol–water partition coefficient (Wildman–Crippen LogP) is 14.9. The van der Waals surface area contributed by atoms with Crippen LogP contribution < -0.4 is 0 Å². The number of fused-ring (bicyclic) bond motifs is 13. The first kappa shape index (κ1) is 35.0. The largest absolute Gasteiger partial charge is 0.208 e. The van der Waals surface area contributed by atoms with E-state index < -0.39 is 5.41 Å². The summed E-state index contributed by atoms with van der Waals surface area (Å²) in [6.45, 7) is 0. The first-order valence-corrected chi connectivity index (χ1v) is 21.9. The lowest BCUT2D eigenvalue weighted by molar-refractivity contribution is 0.794. The van der Waals surface area contributed by atoms with Crippen molar-refractivity contribution < 1.29 is 0 Å². The van der Waals surface area contributed by atoms with Gasteiger partial charge in [-0.05, 0) is 85.0 Å². The van der Waals surface area contributed by atoms with E-state index in [1.54, 1.807) is 0 Å². The molecule has 2 heterocycles. The molecular weight excluding hydrogens is 771 g/mol. The molecule has 9 aromatic carbocycles. The molecule has 0 amide bonds. The number of thiophene rings is 1. The molecule has 0 fully saturated rings. The molecule has 3 nitrogen and oxygen atoms in total. The van der Waals surface area contributed by atoms with Gasteiger partial charge in [0.05, 0.1) is 5.41 Å². The van der Waals surface area contributed by atoms with Gasteiger partial charge in [0.25, 0.3) is 0 Å². The molecule has 1 spiro atoms. The molecule has 0 atom stereocenters. The zero-order valence-electron chi connectivity index (χ0n) is 33.5. The van der Waals surface area contributed by atoms with Gasteiger partial charge in [0.2, 0.25) is 0 Å². The second-order valence-electron chi connectivity index (χ2n) is 16.3. The highest BCUT2D eigenvalue weighted by atomic mass is 32.1. The lowest BCUT2D eigenvalue weighted by Gasteiger charge is -2.30. The number of hydrogen-bond acceptors (Lipinski definition) is 4. The Labute approximate surface area is 363 Å². The van der Waals surface area contributed by atoms with Crippen LogP contribution in [-0.2, 0) is 5.41 Å². The molecular formula is C58H35N3S. The van der Waals surface area contributed by atoms with E-state index in [-0.39, 0.29) is 0 Å². The molecule has 11 aromatic rings. The van der Waals surface area contributed by atoms with Gasteiger partial charge in [-0.15, -0.1) is 11.3 Å². The van der Waals surface area contributed by atoms with Gasteiger partial charge in [-0.1, -0.05) is 194 Å². The van der Waals surface area contributed by atoms with Crippen LogP contribution in [0.2, 0.25) is 0 Å². The van der Waals surface area contributed by atoms with Gasteiger partial charge in [-0.3, -0.25) is 0 Å². The zero-order valence-corrected chi connectivity index (χ0v) is 34.3. The fourth-order valence-corrected chi connectivity index (χ4v) is 11.3. The monoisotopic (exact) mass is 805 g/mol. The van der Waals surface area contributed by atoms with Crippen molar-refractivity contribution in [2.45, 2.75) is 5.41 Å². The minimum Gasteiger partial charge on any atom is -0.208 e. The quantitative estimate of drug-likeness (QED) is 0.174. The molecule has 288 valence electrons. The van der Waals surface area contributed by atoms with E-state index in [1.165, 1.54) is 75.8 Å². The smallest absolute Gasteiger partial charge is 0.164 e. The maximum absolute atomic E-state index is 5.29. The summed E-state index contributed by atoms with van der Waals surface area (Å²) < 4.78 is 2.61. The number of nitrogens with zero attached hydrogens (tertiary/aromatic N) is 3. The van der Waals surface area contributed by atoms with Gasteiger partial charge >= 0.3 is 0 Å². The van der Waals surface area contributed by atoms with Gasteiger partial charge in [0, 0.05) is 36.9 Å². The third-order valence-electron chi connectivity index (χ3n) is 13.0. The Morgan fingerprint density at radius 3 is 1.31 bits per heavy atom. The SMILES string of the molecule is c1ccc(-c2ccc(-c3nc(-c4ccc(-c5ccc6c(c5)sc5ccccc56)cc4)nc(-c4ccc5c(c4)C4(c6ccccc6-c6ccccc64)c4ccccc4-5)n3)cc2)cc1. The number of benzene rings is 9. The normalized spacial score (nSPS) is 13.0. The van der Waals surface area contributed by atoms with Crippen LogP contribution in [-0.4, -0.2) is 15.0 Å². The molecule has 0 unspecified atom stereocenters. The van der Waals surface area contributed by atoms with Crippen LogP contribution >= 0.6 is 11.3 Å². The fourth-order valence-electron chi connectivity index (χ4n) is 10.2. The first-order valence-electron chi connectivity index (χ1n) is 21.1. The Bertz CT molecular complexity index is 3500. The molecule has 2 aromatic heterocycles. The fraction of sp³-hybridized carbons (Fsp3) is 0.0172. The minimum atomic E-state index is -0.463. The van der Waals surface area contributed by atoms with Gasteiger partial charge < -0.3 is 0 Å². The Morgan fingerprint density at radius 2 is 0.694 bits per heavy atom. The Kier molecular flexibility index (Phi) is 7.69. The summed E-state index contributed by atoms with van der Waals surface area (Å²) in [4.78, 5) is 15.7. The molecule has 2 aliphatic carbocycles. The highest BCUT2D eigenvalue weighted by Gasteiger charge is 2.51. The topological polar surface area (TPSA) is 38.7 Å². The number of aromatic nitrogens is 3. The predicted molar refractivity (Wildman–Crippen MR) is 256 cm³/mol. The van der Waals surface area contributed by atoms with Gasteiger partial charge in [0.1, 0.15) is 0 Å². The van der Waals surface area contributed by atoms with Crippen molar-refractivity contribution in [2.75, 3.05) is 0 Å². The average molecular weight is 806 g/mol. The maximum atomic E-state index is 5.29. The van der Waals surface area contributed by atoms with Crippen LogP contribution in [0, 0.1) is 0 Å². The molecule has 2 aliphatic rings. The van der Waals surface area contributed by atoms with Crippen molar-refractivity contribution >= 4 is 31.5 Å². The lowest BCUT2D eigenvalue weighted by Crippen LogP contribution is -2.25. The molecule has 0 aliphatic heterocycles. The number of hydrogen-bond donors (Lipinski definition) is 0. The molecule has 0 N–H and O–H groups in total. The maximum Gasteiger partial charge on any atom is 0.164 e. The van der Waals surface area contributed by atoms with E-state index >= 15 is 0 Å². The molecule has 0 bridgehead atoms. The van der Waals surface area contributed by atoms with Crippen LogP contribution in [0.4, 0.5) is 0 Å². The molecule has 0 radical (unpaired) electrons. The third kappa shape index (κ3) is 5.20. The van der Waals surface area contributed by atoms with Crippen molar-refractivity contribution in [1.29, 1.82) is 0 Å². The highest BCUT2D eigenvalue weighted by Crippen LogP contribution is 2.63. The van der Waals surface area contributed by atoms with Crippen molar-refractivity contribution in [3.05, 3.63) is 235 Å². The first-order chi connectivity index (χ1) is 30.7. The van der Waals surface area contributed by atoms with Crippen LogP contribution in [0.25, 0.3) is 98.8 Å². The molecule has 4 heteroatoms. The second-order valence-corrected chi connectivity index (χ2v) is 17.4. The molecule has 13 rings (SSSR count). The summed E-state index contributed by atoms with van der Waals surface area (Å²) in [5, 5.41) is 2.61. The Balaban J connectivity index is 0.962. The highest BCUT2D eigenvalue weighted by molar-refractivity contribution is 7.25. The molecule has 0 saturated carbocycles. The molecule has 62 heavy (non-hydrogen) atoms. The van der Waals surface area contributed by atoms with E-state index in [1.807, 2.05) is 17.4 Å². The zero-order chi connectivity index (χ0) is 40.8. The van der Waals surface area contributed by atoms with Gasteiger partial charge in [-0.25, -0.2) is 15.0 Å². The van der Waals surface area contributed by atoms with Gasteiger partial charge in [0.15, 0.2) is 17.5 Å². The number of rotatable bonds is 5. The summed E-state index contributed by atoms with van der Waals surface area (Å²) in [6.07, 6.45) is 0. The standard InChI is InChI=1S/C58H35N3S/c1-2-12-36(13-3-1)37-22-26-39(27-23-37)55-59-56(40-28-24-38(25-29-40)41-30-33-48-47-17-7-11-21-53(47)62-54(48)35-41)61-57(60-55)42-31-32-46-45-16-6-10-20-51(45)58(52(46)34-42)49-18-8-4-14-43(49)44-15-5-9-19-50(44)58/h1-35H.